The van der Waals surface area contributed by atoms with E-state index < -0.39 is 5.97 Å². The van der Waals surface area contributed by atoms with Crippen molar-refractivity contribution in [3.63, 3.8) is 0 Å². The van der Waals surface area contributed by atoms with Gasteiger partial charge in [-0.15, -0.1) is 0 Å². The summed E-state index contributed by atoms with van der Waals surface area (Å²) in [6.45, 7) is 0.689. The minimum absolute atomic E-state index is 0.133. The third kappa shape index (κ3) is 4.68. The van der Waals surface area contributed by atoms with E-state index in [0.29, 0.717) is 18.7 Å². The molecular weight excluding hydrogens is 290 g/mol. The van der Waals surface area contributed by atoms with Crippen molar-refractivity contribution >= 4 is 23.6 Å². The first-order valence-corrected chi connectivity index (χ1v) is 7.14. The largest absolute Gasteiger partial charge is 0.545 e. The molecule has 0 aliphatic carbocycles. The quantitative estimate of drug-likeness (QED) is 0.766. The van der Waals surface area contributed by atoms with E-state index in [9.17, 15) is 9.90 Å². The third-order valence-electron chi connectivity index (χ3n) is 3.36. The molecular formula is C18H16N3O2-. The second-order valence-electron chi connectivity index (χ2n) is 5.01. The number of nitrogens with zero attached hydrogens (tertiary/aromatic N) is 3. The zero-order valence-electron chi connectivity index (χ0n) is 12.8. The summed E-state index contributed by atoms with van der Waals surface area (Å²) in [5.41, 5.74) is 2.78. The number of anilines is 1. The van der Waals surface area contributed by atoms with Gasteiger partial charge in [0.15, 0.2) is 0 Å². The average molecular weight is 306 g/mol. The zero-order chi connectivity index (χ0) is 16.7. The lowest BCUT2D eigenvalue weighted by atomic mass is 10.2. The van der Waals surface area contributed by atoms with Gasteiger partial charge in [-0.05, 0) is 35.4 Å². The molecule has 5 nitrogen and oxygen atoms in total. The van der Waals surface area contributed by atoms with Gasteiger partial charge in [0.2, 0.25) is 0 Å². The zero-order valence-corrected chi connectivity index (χ0v) is 12.8. The second-order valence-corrected chi connectivity index (χ2v) is 5.01. The Morgan fingerprint density at radius 2 is 1.87 bits per heavy atom. The van der Waals surface area contributed by atoms with E-state index in [0.717, 1.165) is 11.3 Å². The molecule has 0 aliphatic heterocycles. The monoisotopic (exact) mass is 306 g/mol. The van der Waals surface area contributed by atoms with Crippen LogP contribution in [0.15, 0.2) is 53.5 Å². The van der Waals surface area contributed by atoms with Gasteiger partial charge in [-0.2, -0.15) is 5.26 Å². The maximum atomic E-state index is 10.7. The molecule has 0 amide bonds. The predicted octanol–water partition coefficient (Wildman–Crippen LogP) is 2.15. The molecule has 0 fully saturated rings. The van der Waals surface area contributed by atoms with Crippen LogP contribution in [-0.2, 0) is 0 Å². The van der Waals surface area contributed by atoms with Crippen molar-refractivity contribution in [1.82, 2.24) is 0 Å². The van der Waals surface area contributed by atoms with Crippen LogP contribution in [-0.4, -0.2) is 25.8 Å². The lowest BCUT2D eigenvalue weighted by molar-refractivity contribution is -0.255. The Bertz CT molecular complexity index is 728. The topological polar surface area (TPSA) is 79.5 Å². The van der Waals surface area contributed by atoms with Crippen LogP contribution >= 0.6 is 0 Å². The molecule has 0 aliphatic rings. The van der Waals surface area contributed by atoms with Crippen LogP contribution in [0.3, 0.4) is 0 Å². The minimum Gasteiger partial charge on any atom is -0.545 e. The fourth-order valence-electron chi connectivity index (χ4n) is 1.99. The van der Waals surface area contributed by atoms with Crippen LogP contribution in [0.5, 0.6) is 0 Å². The number of carbonyl (C=O) groups excluding carboxylic acids is 1. The Labute approximate surface area is 135 Å². The normalized spacial score (nSPS) is 10.4. The van der Waals surface area contributed by atoms with Crippen molar-refractivity contribution in [3.8, 4) is 6.07 Å². The molecule has 0 saturated heterocycles. The van der Waals surface area contributed by atoms with Crippen molar-refractivity contribution in [2.24, 2.45) is 4.99 Å². The Kier molecular flexibility index (Phi) is 5.48. The lowest BCUT2D eigenvalue weighted by Gasteiger charge is -2.17. The number of hydrogen-bond acceptors (Lipinski definition) is 5. The van der Waals surface area contributed by atoms with Gasteiger partial charge in [-0.25, -0.2) is 0 Å². The number of nitriles is 1. The summed E-state index contributed by atoms with van der Waals surface area (Å²) >= 11 is 0. The maximum absolute atomic E-state index is 10.7. The third-order valence-corrected chi connectivity index (χ3v) is 3.36. The Morgan fingerprint density at radius 3 is 2.43 bits per heavy atom. The van der Waals surface area contributed by atoms with Gasteiger partial charge >= 0.3 is 0 Å². The SMILES string of the molecule is CN(CCC#N)c1ccc(C=Nc2ccc(C(=O)[O-])cc2)cc1. The molecule has 0 unspecified atom stereocenters. The summed E-state index contributed by atoms with van der Waals surface area (Å²) in [5.74, 6) is -1.20. The molecule has 2 aromatic rings. The number of carboxylic acids is 1. The number of hydrogen-bond donors (Lipinski definition) is 0. The van der Waals surface area contributed by atoms with Gasteiger partial charge in [-0.1, -0.05) is 24.3 Å². The second kappa shape index (κ2) is 7.76. The van der Waals surface area contributed by atoms with Crippen molar-refractivity contribution in [3.05, 3.63) is 59.7 Å². The van der Waals surface area contributed by atoms with E-state index in [2.05, 4.69) is 11.1 Å². The summed E-state index contributed by atoms with van der Waals surface area (Å²) in [6.07, 6.45) is 2.20. The fourth-order valence-corrected chi connectivity index (χ4v) is 1.99. The summed E-state index contributed by atoms with van der Waals surface area (Å²) in [5, 5.41) is 19.3. The summed E-state index contributed by atoms with van der Waals surface area (Å²) in [6, 6.07) is 16.1. The van der Waals surface area contributed by atoms with Crippen LogP contribution < -0.4 is 10.0 Å². The molecule has 5 heteroatoms. The highest BCUT2D eigenvalue weighted by Gasteiger charge is 1.99. The van der Waals surface area contributed by atoms with Crippen LogP contribution in [0, 0.1) is 11.3 Å². The highest BCUT2D eigenvalue weighted by Crippen LogP contribution is 2.15. The minimum atomic E-state index is -1.20. The van der Waals surface area contributed by atoms with Gasteiger partial charge in [0, 0.05) is 25.5 Å². The first-order chi connectivity index (χ1) is 11.1. The van der Waals surface area contributed by atoms with E-state index in [-0.39, 0.29) is 5.56 Å². The Balaban J connectivity index is 2.02. The van der Waals surface area contributed by atoms with Crippen molar-refractivity contribution in [1.29, 1.82) is 5.26 Å². The van der Waals surface area contributed by atoms with E-state index in [1.54, 1.807) is 18.3 Å². The van der Waals surface area contributed by atoms with Gasteiger partial charge in [0.25, 0.3) is 0 Å². The van der Waals surface area contributed by atoms with Crippen LogP contribution in [0.2, 0.25) is 0 Å². The molecule has 0 bridgehead atoms. The number of carbonyl (C=O) groups is 1. The number of aliphatic imine (C=N–C) groups is 1. The van der Waals surface area contributed by atoms with Crippen LogP contribution in [0.4, 0.5) is 11.4 Å². The molecule has 0 N–H and O–H groups in total. The Morgan fingerprint density at radius 1 is 1.22 bits per heavy atom. The smallest absolute Gasteiger partial charge is 0.0715 e. The highest BCUT2D eigenvalue weighted by atomic mass is 16.4. The van der Waals surface area contributed by atoms with Crippen LogP contribution in [0.1, 0.15) is 22.3 Å². The molecule has 116 valence electrons. The standard InChI is InChI=1S/C18H17N3O2/c1-21(12-2-11-19)17-9-3-14(4-10-17)13-20-16-7-5-15(6-8-16)18(22)23/h3-10,13H,2,12H2,1H3,(H,22,23)/p-1. The fraction of sp³-hybridized carbons (Fsp3) is 0.167. The van der Waals surface area contributed by atoms with Gasteiger partial charge in [0.05, 0.1) is 24.1 Å². The first kappa shape index (κ1) is 16.2. The van der Waals surface area contributed by atoms with Crippen molar-refractivity contribution < 1.29 is 9.90 Å². The van der Waals surface area contributed by atoms with Gasteiger partial charge < -0.3 is 14.8 Å². The molecule has 0 atom stereocenters. The lowest BCUT2D eigenvalue weighted by Crippen LogP contribution is -2.21. The average Bonchev–Trinajstić information content (AvgIpc) is 2.58. The molecule has 23 heavy (non-hydrogen) atoms. The number of aromatic carboxylic acids is 1. The summed E-state index contributed by atoms with van der Waals surface area (Å²) < 4.78 is 0. The Hall–Kier alpha value is -3.13. The summed E-state index contributed by atoms with van der Waals surface area (Å²) in [4.78, 5) is 17.0. The first-order valence-electron chi connectivity index (χ1n) is 7.14. The van der Waals surface area contributed by atoms with Gasteiger partial charge in [-0.3, -0.25) is 4.99 Å². The molecule has 0 spiro atoms. The van der Waals surface area contributed by atoms with E-state index in [1.165, 1.54) is 12.1 Å². The molecule has 2 rings (SSSR count). The molecule has 2 aromatic carbocycles. The summed E-state index contributed by atoms with van der Waals surface area (Å²) in [7, 11) is 1.94. The van der Waals surface area contributed by atoms with Crippen molar-refractivity contribution in [2.75, 3.05) is 18.5 Å². The van der Waals surface area contributed by atoms with Crippen LogP contribution in [0.25, 0.3) is 0 Å². The highest BCUT2D eigenvalue weighted by molar-refractivity contribution is 5.87. The molecule has 0 radical (unpaired) electrons. The van der Waals surface area contributed by atoms with Gasteiger partial charge in [0.1, 0.15) is 0 Å². The number of carboxylic acid groups (broad SMARTS) is 1. The number of benzene rings is 2. The maximum Gasteiger partial charge on any atom is 0.0715 e. The predicted molar refractivity (Wildman–Crippen MR) is 88.0 cm³/mol. The molecule has 0 aromatic heterocycles. The molecule has 0 saturated carbocycles. The van der Waals surface area contributed by atoms with Crippen molar-refractivity contribution in [2.45, 2.75) is 6.42 Å². The van der Waals surface area contributed by atoms with E-state index in [4.69, 9.17) is 5.26 Å². The van der Waals surface area contributed by atoms with E-state index >= 15 is 0 Å². The molecule has 0 heterocycles. The number of rotatable bonds is 6. The van der Waals surface area contributed by atoms with E-state index in [1.807, 2.05) is 36.2 Å².